The Labute approximate surface area is 204 Å². The van der Waals surface area contributed by atoms with E-state index >= 15 is 0 Å². The molecule has 5 aliphatic rings. The molecule has 174 valence electrons. The molecule has 1 heterocycles. The number of hydrogen-bond acceptors (Lipinski definition) is 2. The van der Waals surface area contributed by atoms with E-state index in [2.05, 4.69) is 82.3 Å². The van der Waals surface area contributed by atoms with E-state index in [9.17, 15) is 0 Å². The van der Waals surface area contributed by atoms with Gasteiger partial charge < -0.3 is 9.31 Å². The van der Waals surface area contributed by atoms with Crippen LogP contribution in [0.1, 0.15) is 82.8 Å². The van der Waals surface area contributed by atoms with E-state index in [1.54, 1.807) is 5.56 Å². The fourth-order valence-corrected chi connectivity index (χ4v) is 7.58. The van der Waals surface area contributed by atoms with Crippen molar-refractivity contribution in [3.05, 3.63) is 65.7 Å². The molecule has 2 saturated carbocycles. The molecule has 0 aromatic heterocycles. The van der Waals surface area contributed by atoms with Crippen molar-refractivity contribution in [3.8, 4) is 11.1 Å². The molecule has 2 unspecified atom stereocenters. The van der Waals surface area contributed by atoms with Crippen LogP contribution in [0.5, 0.6) is 0 Å². The standard InChI is InChI=1S/C31H35BO2/c1-30(2)31(3,4)34-32(33-30)28-11-7-10-25-23-13-19-12-20(14-23)16-24(15-19)26-17-21-8-5-6-9-22(21)18-27(26)29(25)28/h5-11,17-20,23-24H,12-16H2,1-4H3. The fourth-order valence-electron chi connectivity index (χ4n) is 7.58. The van der Waals surface area contributed by atoms with Crippen LogP contribution in [0, 0.1) is 11.8 Å². The Bertz CT molecular complexity index is 1260. The van der Waals surface area contributed by atoms with E-state index in [0.29, 0.717) is 11.8 Å². The maximum Gasteiger partial charge on any atom is 0.495 e. The van der Waals surface area contributed by atoms with Crippen molar-refractivity contribution in [2.24, 2.45) is 11.8 Å². The van der Waals surface area contributed by atoms with Crippen LogP contribution in [0.2, 0.25) is 0 Å². The summed E-state index contributed by atoms with van der Waals surface area (Å²) in [7, 11) is -0.339. The number of benzene rings is 3. The Kier molecular flexibility index (Phi) is 4.50. The van der Waals surface area contributed by atoms with E-state index < -0.39 is 0 Å². The Hall–Kier alpha value is -2.10. The zero-order chi connectivity index (χ0) is 23.2. The van der Waals surface area contributed by atoms with Gasteiger partial charge in [-0.2, -0.15) is 0 Å². The van der Waals surface area contributed by atoms with Gasteiger partial charge in [-0.15, -0.1) is 0 Å². The minimum absolute atomic E-state index is 0.339. The minimum atomic E-state index is -0.345. The van der Waals surface area contributed by atoms with E-state index in [-0.39, 0.29) is 18.3 Å². The Balaban J connectivity index is 1.51. The highest BCUT2D eigenvalue weighted by atomic mass is 16.7. The molecule has 1 saturated heterocycles. The van der Waals surface area contributed by atoms with Crippen molar-refractivity contribution in [2.45, 2.75) is 82.8 Å². The van der Waals surface area contributed by atoms with Gasteiger partial charge in [-0.05, 0) is 128 Å². The van der Waals surface area contributed by atoms with Gasteiger partial charge in [0.1, 0.15) is 0 Å². The summed E-state index contributed by atoms with van der Waals surface area (Å²) in [6.07, 6.45) is 6.79. The average molecular weight is 450 g/mol. The molecule has 3 aromatic rings. The summed E-state index contributed by atoms with van der Waals surface area (Å²) < 4.78 is 13.3. The van der Waals surface area contributed by atoms with Gasteiger partial charge in [0.05, 0.1) is 11.2 Å². The minimum Gasteiger partial charge on any atom is -0.399 e. The van der Waals surface area contributed by atoms with Crippen LogP contribution in [0.4, 0.5) is 0 Å². The molecule has 3 heteroatoms. The smallest absolute Gasteiger partial charge is 0.399 e. The molecule has 2 atom stereocenters. The normalized spacial score (nSPS) is 30.5. The molecular formula is C31H35BO2. The third kappa shape index (κ3) is 3.09. The molecule has 0 N–H and O–H groups in total. The zero-order valence-corrected chi connectivity index (χ0v) is 20.9. The first-order chi connectivity index (χ1) is 16.3. The van der Waals surface area contributed by atoms with Crippen LogP contribution in [-0.2, 0) is 9.31 Å². The van der Waals surface area contributed by atoms with Gasteiger partial charge in [-0.1, -0.05) is 48.5 Å². The molecule has 4 bridgehead atoms. The third-order valence-corrected chi connectivity index (χ3v) is 9.84. The second kappa shape index (κ2) is 7.21. The SMILES string of the molecule is CC1(C)OB(c2cccc3c2-c2cc4ccccc4cc2C2CC4CC(C2)CC3C4)OC1(C)C. The summed E-state index contributed by atoms with van der Waals surface area (Å²) in [5, 5.41) is 2.69. The lowest BCUT2D eigenvalue weighted by Gasteiger charge is -2.42. The van der Waals surface area contributed by atoms with Crippen LogP contribution >= 0.6 is 0 Å². The number of hydrogen-bond donors (Lipinski definition) is 0. The first-order valence-corrected chi connectivity index (χ1v) is 13.3. The van der Waals surface area contributed by atoms with Gasteiger partial charge >= 0.3 is 7.12 Å². The largest absolute Gasteiger partial charge is 0.495 e. The van der Waals surface area contributed by atoms with Crippen LogP contribution in [0.25, 0.3) is 21.9 Å². The molecular weight excluding hydrogens is 415 g/mol. The summed E-state index contributed by atoms with van der Waals surface area (Å²) in [5.41, 5.74) is 6.44. The van der Waals surface area contributed by atoms with E-state index in [1.165, 1.54) is 65.0 Å². The van der Waals surface area contributed by atoms with Gasteiger partial charge in [0, 0.05) is 0 Å². The topological polar surface area (TPSA) is 18.5 Å². The van der Waals surface area contributed by atoms with Crippen LogP contribution in [0.15, 0.2) is 54.6 Å². The second-order valence-electron chi connectivity index (χ2n) is 12.5. The molecule has 3 aromatic carbocycles. The highest BCUT2D eigenvalue weighted by Gasteiger charge is 2.53. The lowest BCUT2D eigenvalue weighted by atomic mass is 9.63. The molecule has 8 rings (SSSR count). The van der Waals surface area contributed by atoms with Crippen LogP contribution in [-0.4, -0.2) is 18.3 Å². The maximum atomic E-state index is 6.64. The quantitative estimate of drug-likeness (QED) is 0.365. The van der Waals surface area contributed by atoms with E-state index in [4.69, 9.17) is 9.31 Å². The maximum absolute atomic E-state index is 6.64. The van der Waals surface area contributed by atoms with Crippen LogP contribution < -0.4 is 5.46 Å². The lowest BCUT2D eigenvalue weighted by molar-refractivity contribution is 0.00578. The summed E-state index contributed by atoms with van der Waals surface area (Å²) >= 11 is 0. The van der Waals surface area contributed by atoms with Crippen molar-refractivity contribution in [2.75, 3.05) is 0 Å². The summed E-state index contributed by atoms with van der Waals surface area (Å²) in [5.74, 6) is 3.00. The molecule has 3 fully saturated rings. The van der Waals surface area contributed by atoms with E-state index in [1.807, 2.05) is 0 Å². The summed E-state index contributed by atoms with van der Waals surface area (Å²) in [6, 6.07) is 20.8. The van der Waals surface area contributed by atoms with Gasteiger partial charge in [-0.3, -0.25) is 0 Å². The van der Waals surface area contributed by atoms with Crippen molar-refractivity contribution < 1.29 is 9.31 Å². The van der Waals surface area contributed by atoms with Crippen molar-refractivity contribution >= 4 is 23.4 Å². The fraction of sp³-hybridized carbons (Fsp3) is 0.484. The first-order valence-electron chi connectivity index (χ1n) is 13.3. The van der Waals surface area contributed by atoms with E-state index in [0.717, 1.165) is 11.8 Å². The van der Waals surface area contributed by atoms with Gasteiger partial charge in [-0.25, -0.2) is 0 Å². The second-order valence-corrected chi connectivity index (χ2v) is 12.5. The molecule has 2 nitrogen and oxygen atoms in total. The molecule has 4 aliphatic carbocycles. The monoisotopic (exact) mass is 450 g/mol. The Morgan fingerprint density at radius 1 is 0.676 bits per heavy atom. The summed E-state index contributed by atoms with van der Waals surface area (Å²) in [4.78, 5) is 0. The third-order valence-electron chi connectivity index (χ3n) is 9.84. The molecule has 34 heavy (non-hydrogen) atoms. The van der Waals surface area contributed by atoms with Crippen molar-refractivity contribution in [1.82, 2.24) is 0 Å². The molecule has 0 amide bonds. The Morgan fingerprint density at radius 2 is 1.26 bits per heavy atom. The number of rotatable bonds is 1. The van der Waals surface area contributed by atoms with Gasteiger partial charge in [0.25, 0.3) is 0 Å². The predicted octanol–water partition coefficient (Wildman–Crippen LogP) is 7.20. The summed E-state index contributed by atoms with van der Waals surface area (Å²) in [6.45, 7) is 8.64. The highest BCUT2D eigenvalue weighted by molar-refractivity contribution is 6.64. The van der Waals surface area contributed by atoms with Gasteiger partial charge in [0.15, 0.2) is 0 Å². The van der Waals surface area contributed by atoms with Gasteiger partial charge in [0.2, 0.25) is 0 Å². The lowest BCUT2D eigenvalue weighted by Crippen LogP contribution is -2.41. The molecule has 1 aliphatic heterocycles. The average Bonchev–Trinajstić information content (AvgIpc) is 3.05. The van der Waals surface area contributed by atoms with Crippen LogP contribution in [0.3, 0.4) is 0 Å². The molecule has 0 radical (unpaired) electrons. The number of fused-ring (bicyclic) bond motifs is 1. The highest BCUT2D eigenvalue weighted by Crippen LogP contribution is 2.55. The zero-order valence-electron chi connectivity index (χ0n) is 20.9. The molecule has 0 spiro atoms. The first kappa shape index (κ1) is 21.2. The van der Waals surface area contributed by atoms with Crippen molar-refractivity contribution in [3.63, 3.8) is 0 Å². The predicted molar refractivity (Wildman–Crippen MR) is 141 cm³/mol. The van der Waals surface area contributed by atoms with Crippen molar-refractivity contribution in [1.29, 1.82) is 0 Å². The Morgan fingerprint density at radius 3 is 1.91 bits per heavy atom.